The van der Waals surface area contributed by atoms with E-state index in [0.717, 1.165) is 23.4 Å². The van der Waals surface area contributed by atoms with Crippen molar-refractivity contribution in [2.75, 3.05) is 26.9 Å². The van der Waals surface area contributed by atoms with E-state index in [1.165, 1.54) is 5.56 Å². The van der Waals surface area contributed by atoms with Crippen LogP contribution in [0.25, 0.3) is 0 Å². The fraction of sp³-hybridized carbons (Fsp3) is 0.348. The average molecular weight is 398 g/mol. The summed E-state index contributed by atoms with van der Waals surface area (Å²) in [4.78, 5) is 0.728. The van der Waals surface area contributed by atoms with Gasteiger partial charge >= 0.3 is 0 Å². The van der Waals surface area contributed by atoms with Crippen LogP contribution in [0, 0.1) is 12.3 Å². The monoisotopic (exact) mass is 397 g/mol. The number of hydrogen-bond donors (Lipinski definition) is 1. The molecule has 2 rings (SSSR count). The Morgan fingerprint density at radius 1 is 1.14 bits per heavy atom. The Morgan fingerprint density at radius 3 is 2.61 bits per heavy atom. The molecule has 0 bridgehead atoms. The van der Waals surface area contributed by atoms with Crippen molar-refractivity contribution in [2.24, 2.45) is 0 Å². The SMILES string of the molecule is C#CCOc1ccc(CCNC(=S)[C@H](Cc2ccccc2)OCC)cc1OC. The minimum atomic E-state index is -0.128. The summed E-state index contributed by atoms with van der Waals surface area (Å²) in [6.45, 7) is 3.53. The molecule has 0 saturated carbocycles. The first-order valence-electron chi connectivity index (χ1n) is 9.34. The van der Waals surface area contributed by atoms with Crippen molar-refractivity contribution >= 4 is 17.2 Å². The highest BCUT2D eigenvalue weighted by Gasteiger charge is 2.15. The van der Waals surface area contributed by atoms with Crippen LogP contribution in [-0.4, -0.2) is 38.0 Å². The van der Waals surface area contributed by atoms with Crippen LogP contribution in [0.2, 0.25) is 0 Å². The molecule has 2 aromatic carbocycles. The van der Waals surface area contributed by atoms with E-state index < -0.39 is 0 Å². The molecule has 0 saturated heterocycles. The highest BCUT2D eigenvalue weighted by Crippen LogP contribution is 2.28. The third-order valence-electron chi connectivity index (χ3n) is 4.18. The number of nitrogens with one attached hydrogen (secondary N) is 1. The molecule has 0 spiro atoms. The minimum Gasteiger partial charge on any atom is -0.493 e. The number of hydrogen-bond acceptors (Lipinski definition) is 4. The van der Waals surface area contributed by atoms with Gasteiger partial charge in [0.25, 0.3) is 0 Å². The molecule has 5 heteroatoms. The van der Waals surface area contributed by atoms with Gasteiger partial charge in [0.05, 0.1) is 7.11 Å². The Kier molecular flexibility index (Phi) is 9.33. The van der Waals surface area contributed by atoms with Crippen LogP contribution in [0.1, 0.15) is 18.1 Å². The molecule has 1 atom stereocenters. The molecule has 28 heavy (non-hydrogen) atoms. The Balaban J connectivity index is 1.89. The number of terminal acetylenes is 1. The van der Waals surface area contributed by atoms with Crippen LogP contribution in [0.15, 0.2) is 48.5 Å². The molecule has 0 heterocycles. The van der Waals surface area contributed by atoms with E-state index in [9.17, 15) is 0 Å². The minimum absolute atomic E-state index is 0.128. The highest BCUT2D eigenvalue weighted by molar-refractivity contribution is 7.80. The highest BCUT2D eigenvalue weighted by atomic mass is 32.1. The first kappa shape index (κ1) is 21.7. The van der Waals surface area contributed by atoms with Crippen LogP contribution < -0.4 is 14.8 Å². The summed E-state index contributed by atoms with van der Waals surface area (Å²) >= 11 is 5.57. The predicted octanol–water partition coefficient (Wildman–Crippen LogP) is 3.81. The summed E-state index contributed by atoms with van der Waals surface area (Å²) in [5, 5.41) is 3.33. The van der Waals surface area contributed by atoms with Gasteiger partial charge in [-0.25, -0.2) is 0 Å². The molecule has 0 aliphatic rings. The van der Waals surface area contributed by atoms with Crippen molar-refractivity contribution in [1.29, 1.82) is 0 Å². The maximum Gasteiger partial charge on any atom is 0.162 e. The van der Waals surface area contributed by atoms with E-state index in [2.05, 4.69) is 23.4 Å². The van der Waals surface area contributed by atoms with Gasteiger partial charge < -0.3 is 19.5 Å². The fourth-order valence-electron chi connectivity index (χ4n) is 2.81. The third kappa shape index (κ3) is 6.88. The van der Waals surface area contributed by atoms with Crippen molar-refractivity contribution in [2.45, 2.75) is 25.9 Å². The first-order chi connectivity index (χ1) is 13.7. The normalized spacial score (nSPS) is 11.3. The molecule has 4 nitrogen and oxygen atoms in total. The predicted molar refractivity (Wildman–Crippen MR) is 117 cm³/mol. The topological polar surface area (TPSA) is 39.7 Å². The summed E-state index contributed by atoms with van der Waals surface area (Å²) in [5.41, 5.74) is 2.33. The van der Waals surface area contributed by atoms with Gasteiger partial charge in [0.1, 0.15) is 17.7 Å². The van der Waals surface area contributed by atoms with Gasteiger partial charge in [-0.1, -0.05) is 54.5 Å². The van der Waals surface area contributed by atoms with Crippen molar-refractivity contribution in [3.05, 3.63) is 59.7 Å². The zero-order chi connectivity index (χ0) is 20.2. The molecular weight excluding hydrogens is 370 g/mol. The van der Waals surface area contributed by atoms with Gasteiger partial charge in [0, 0.05) is 19.6 Å². The van der Waals surface area contributed by atoms with E-state index in [1.807, 2.05) is 43.3 Å². The second-order valence-electron chi connectivity index (χ2n) is 6.15. The molecule has 0 amide bonds. The lowest BCUT2D eigenvalue weighted by atomic mass is 10.1. The average Bonchev–Trinajstić information content (AvgIpc) is 2.73. The first-order valence-corrected chi connectivity index (χ1v) is 9.75. The maximum atomic E-state index is 5.84. The van der Waals surface area contributed by atoms with Gasteiger partial charge in [-0.15, -0.1) is 6.42 Å². The molecule has 0 aliphatic carbocycles. The third-order valence-corrected chi connectivity index (χ3v) is 4.58. The fourth-order valence-corrected chi connectivity index (χ4v) is 3.06. The summed E-state index contributed by atoms with van der Waals surface area (Å²) in [6, 6.07) is 16.1. The Hall–Kier alpha value is -2.55. The lowest BCUT2D eigenvalue weighted by Gasteiger charge is -2.20. The number of thiocarbonyl (C=S) groups is 1. The van der Waals surface area contributed by atoms with Crippen LogP contribution in [0.5, 0.6) is 11.5 Å². The zero-order valence-corrected chi connectivity index (χ0v) is 17.3. The van der Waals surface area contributed by atoms with Crippen molar-refractivity contribution < 1.29 is 14.2 Å². The summed E-state index contributed by atoms with van der Waals surface area (Å²) in [5.74, 6) is 3.77. The Morgan fingerprint density at radius 2 is 1.93 bits per heavy atom. The van der Waals surface area contributed by atoms with Crippen LogP contribution in [-0.2, 0) is 17.6 Å². The smallest absolute Gasteiger partial charge is 0.162 e. The number of ether oxygens (including phenoxy) is 3. The lowest BCUT2D eigenvalue weighted by molar-refractivity contribution is 0.109. The van der Waals surface area contributed by atoms with Gasteiger partial charge in [0.2, 0.25) is 0 Å². The second kappa shape index (κ2) is 12.0. The van der Waals surface area contributed by atoms with E-state index in [1.54, 1.807) is 7.11 Å². The molecule has 0 aliphatic heterocycles. The van der Waals surface area contributed by atoms with Gasteiger partial charge in [0.15, 0.2) is 11.5 Å². The summed E-state index contributed by atoms with van der Waals surface area (Å²) in [7, 11) is 1.62. The van der Waals surface area contributed by atoms with Crippen LogP contribution in [0.3, 0.4) is 0 Å². The van der Waals surface area contributed by atoms with Crippen molar-refractivity contribution in [3.8, 4) is 23.8 Å². The Bertz CT molecular complexity index is 786. The molecule has 0 unspecified atom stereocenters. The van der Waals surface area contributed by atoms with Crippen LogP contribution >= 0.6 is 12.2 Å². The molecule has 148 valence electrons. The molecule has 0 fully saturated rings. The zero-order valence-electron chi connectivity index (χ0n) is 16.4. The van der Waals surface area contributed by atoms with Crippen LogP contribution in [0.4, 0.5) is 0 Å². The molecular formula is C23H27NO3S. The van der Waals surface area contributed by atoms with Gasteiger partial charge in [-0.2, -0.15) is 0 Å². The summed E-state index contributed by atoms with van der Waals surface area (Å²) < 4.78 is 16.7. The number of benzene rings is 2. The molecule has 1 N–H and O–H groups in total. The molecule has 0 aromatic heterocycles. The molecule has 2 aromatic rings. The van der Waals surface area contributed by atoms with Gasteiger partial charge in [-0.3, -0.25) is 0 Å². The summed E-state index contributed by atoms with van der Waals surface area (Å²) in [6.07, 6.45) is 6.67. The van der Waals surface area contributed by atoms with E-state index in [0.29, 0.717) is 24.7 Å². The maximum absolute atomic E-state index is 5.84. The molecule has 0 radical (unpaired) electrons. The van der Waals surface area contributed by atoms with Crippen molar-refractivity contribution in [1.82, 2.24) is 5.32 Å². The second-order valence-corrected chi connectivity index (χ2v) is 6.59. The standard InChI is InChI=1S/C23H27NO3S/c1-4-15-27-20-12-11-19(16-21(20)25-3)13-14-24-23(28)22(26-5-2)17-18-9-7-6-8-10-18/h1,6-12,16,22H,5,13-15,17H2,2-3H3,(H,24,28)/t22-/m0/s1. The largest absolute Gasteiger partial charge is 0.493 e. The lowest BCUT2D eigenvalue weighted by Crippen LogP contribution is -2.37. The van der Waals surface area contributed by atoms with Gasteiger partial charge in [-0.05, 0) is 36.6 Å². The van der Waals surface area contributed by atoms with E-state index >= 15 is 0 Å². The van der Waals surface area contributed by atoms with E-state index in [-0.39, 0.29) is 12.7 Å². The van der Waals surface area contributed by atoms with Crippen molar-refractivity contribution in [3.63, 3.8) is 0 Å². The van der Waals surface area contributed by atoms with E-state index in [4.69, 9.17) is 32.9 Å². The number of methoxy groups -OCH3 is 1. The Labute approximate surface area is 173 Å². The number of rotatable bonds is 11. The quantitative estimate of drug-likeness (QED) is 0.461.